The van der Waals surface area contributed by atoms with Crippen molar-refractivity contribution in [3.8, 4) is 0 Å². The molecular formula is C16H19NO3. The highest BCUT2D eigenvalue weighted by molar-refractivity contribution is 5.98. The van der Waals surface area contributed by atoms with Crippen LogP contribution in [0.25, 0.3) is 0 Å². The molecule has 1 amide bonds. The number of amides is 1. The summed E-state index contributed by atoms with van der Waals surface area (Å²) in [6, 6.07) is 7.88. The molecule has 0 unspecified atom stereocenters. The number of anilines is 1. The molecule has 106 valence electrons. The summed E-state index contributed by atoms with van der Waals surface area (Å²) in [5, 5.41) is 9.48. The van der Waals surface area contributed by atoms with Gasteiger partial charge in [-0.3, -0.25) is 9.59 Å². The molecule has 1 aliphatic carbocycles. The quantitative estimate of drug-likeness (QED) is 0.921. The number of fused-ring (bicyclic) bond motifs is 1. The number of nitrogens with zero attached hydrogens (tertiary/aromatic N) is 1. The van der Waals surface area contributed by atoms with Gasteiger partial charge in [0.25, 0.3) is 0 Å². The van der Waals surface area contributed by atoms with Crippen LogP contribution in [0.15, 0.2) is 24.3 Å². The summed E-state index contributed by atoms with van der Waals surface area (Å²) < 4.78 is 0. The number of carbonyl (C=O) groups is 2. The molecule has 1 aliphatic heterocycles. The molecule has 0 radical (unpaired) electrons. The highest BCUT2D eigenvalue weighted by Crippen LogP contribution is 2.42. The average molecular weight is 273 g/mol. The second kappa shape index (κ2) is 4.93. The summed E-state index contributed by atoms with van der Waals surface area (Å²) in [6.07, 6.45) is 4.08. The van der Waals surface area contributed by atoms with E-state index in [1.165, 1.54) is 5.56 Å². The van der Waals surface area contributed by atoms with Crippen molar-refractivity contribution in [2.75, 3.05) is 11.4 Å². The number of benzene rings is 1. The third kappa shape index (κ3) is 2.09. The van der Waals surface area contributed by atoms with Crippen molar-refractivity contribution in [3.63, 3.8) is 0 Å². The van der Waals surface area contributed by atoms with Crippen LogP contribution < -0.4 is 4.90 Å². The fraction of sp³-hybridized carbons (Fsp3) is 0.500. The molecule has 0 bridgehead atoms. The summed E-state index contributed by atoms with van der Waals surface area (Å²) in [7, 11) is 0. The smallest absolute Gasteiger partial charge is 0.310 e. The van der Waals surface area contributed by atoms with Crippen LogP contribution in [0.2, 0.25) is 0 Å². The van der Waals surface area contributed by atoms with Crippen LogP contribution in [0.3, 0.4) is 0 Å². The predicted octanol–water partition coefficient (Wildman–Crippen LogP) is 2.61. The maximum atomic E-state index is 12.5. The first kappa shape index (κ1) is 13.2. The van der Waals surface area contributed by atoms with Gasteiger partial charge in [-0.1, -0.05) is 31.0 Å². The molecule has 0 saturated heterocycles. The number of hydrogen-bond acceptors (Lipinski definition) is 2. The lowest BCUT2D eigenvalue weighted by molar-refractivity contribution is -0.151. The van der Waals surface area contributed by atoms with Crippen LogP contribution in [0.1, 0.15) is 37.7 Å². The Bertz CT molecular complexity index is 546. The van der Waals surface area contributed by atoms with Gasteiger partial charge in [-0.05, 0) is 30.9 Å². The topological polar surface area (TPSA) is 57.6 Å². The lowest BCUT2D eigenvalue weighted by Gasteiger charge is -2.26. The minimum atomic E-state index is -0.825. The zero-order valence-electron chi connectivity index (χ0n) is 11.5. The SMILES string of the molecule is O=C(CC1(C(=O)O)CCCC1)N1CCc2ccccc21. The van der Waals surface area contributed by atoms with Gasteiger partial charge in [0.15, 0.2) is 0 Å². The molecule has 1 heterocycles. The monoisotopic (exact) mass is 273 g/mol. The number of para-hydroxylation sites is 1. The number of rotatable bonds is 3. The highest BCUT2D eigenvalue weighted by Gasteiger charge is 2.44. The Balaban J connectivity index is 1.79. The van der Waals surface area contributed by atoms with E-state index in [1.807, 2.05) is 24.3 Å². The van der Waals surface area contributed by atoms with E-state index in [-0.39, 0.29) is 12.3 Å². The van der Waals surface area contributed by atoms with E-state index < -0.39 is 11.4 Å². The normalized spacial score (nSPS) is 19.9. The number of hydrogen-bond donors (Lipinski definition) is 1. The van der Waals surface area contributed by atoms with E-state index in [2.05, 4.69) is 0 Å². The molecule has 0 aromatic heterocycles. The van der Waals surface area contributed by atoms with E-state index >= 15 is 0 Å². The lowest BCUT2D eigenvalue weighted by atomic mass is 9.82. The first-order valence-corrected chi connectivity index (χ1v) is 7.24. The standard InChI is InChI=1S/C16H19NO3/c18-14(11-16(15(19)20)8-3-4-9-16)17-10-7-12-5-1-2-6-13(12)17/h1-2,5-6H,3-4,7-11H2,(H,19,20). The van der Waals surface area contributed by atoms with Gasteiger partial charge in [-0.2, -0.15) is 0 Å². The Hall–Kier alpha value is -1.84. The minimum absolute atomic E-state index is 0.0424. The highest BCUT2D eigenvalue weighted by atomic mass is 16.4. The third-order valence-corrected chi connectivity index (χ3v) is 4.69. The predicted molar refractivity (Wildman–Crippen MR) is 75.7 cm³/mol. The molecule has 1 fully saturated rings. The Labute approximate surface area is 118 Å². The van der Waals surface area contributed by atoms with Crippen molar-refractivity contribution in [2.24, 2.45) is 5.41 Å². The van der Waals surface area contributed by atoms with Crippen LogP contribution in [0.4, 0.5) is 5.69 Å². The van der Waals surface area contributed by atoms with Crippen LogP contribution in [0, 0.1) is 5.41 Å². The Kier molecular flexibility index (Phi) is 3.24. The molecule has 4 heteroatoms. The first-order chi connectivity index (χ1) is 9.62. The second-order valence-corrected chi connectivity index (χ2v) is 5.89. The fourth-order valence-electron chi connectivity index (χ4n) is 3.50. The Morgan fingerprint density at radius 3 is 2.60 bits per heavy atom. The molecule has 2 aliphatic rings. The molecule has 1 saturated carbocycles. The maximum absolute atomic E-state index is 12.5. The molecule has 0 spiro atoms. The van der Waals surface area contributed by atoms with Crippen molar-refractivity contribution in [2.45, 2.75) is 38.5 Å². The van der Waals surface area contributed by atoms with Crippen LogP contribution in [0.5, 0.6) is 0 Å². The van der Waals surface area contributed by atoms with Crippen molar-refractivity contribution in [1.82, 2.24) is 0 Å². The largest absolute Gasteiger partial charge is 0.481 e. The van der Waals surface area contributed by atoms with Crippen molar-refractivity contribution < 1.29 is 14.7 Å². The molecule has 0 atom stereocenters. The molecule has 3 rings (SSSR count). The van der Waals surface area contributed by atoms with Gasteiger partial charge in [-0.25, -0.2) is 0 Å². The fourth-order valence-corrected chi connectivity index (χ4v) is 3.50. The third-order valence-electron chi connectivity index (χ3n) is 4.69. The van der Waals surface area contributed by atoms with Crippen LogP contribution in [-0.2, 0) is 16.0 Å². The van der Waals surface area contributed by atoms with Gasteiger partial charge >= 0.3 is 5.97 Å². The summed E-state index contributed by atoms with van der Waals surface area (Å²) in [5.41, 5.74) is 1.31. The summed E-state index contributed by atoms with van der Waals surface area (Å²) in [5.74, 6) is -0.852. The van der Waals surface area contributed by atoms with E-state index in [1.54, 1.807) is 4.90 Å². The Morgan fingerprint density at radius 1 is 1.20 bits per heavy atom. The molecule has 1 aromatic rings. The lowest BCUT2D eigenvalue weighted by Crippen LogP contribution is -2.37. The van der Waals surface area contributed by atoms with Gasteiger partial charge in [0, 0.05) is 18.7 Å². The maximum Gasteiger partial charge on any atom is 0.310 e. The van der Waals surface area contributed by atoms with Crippen molar-refractivity contribution >= 4 is 17.6 Å². The second-order valence-electron chi connectivity index (χ2n) is 5.89. The molecule has 20 heavy (non-hydrogen) atoms. The van der Waals surface area contributed by atoms with Crippen LogP contribution >= 0.6 is 0 Å². The van der Waals surface area contributed by atoms with E-state index in [4.69, 9.17) is 0 Å². The van der Waals surface area contributed by atoms with E-state index in [0.717, 1.165) is 24.9 Å². The summed E-state index contributed by atoms with van der Waals surface area (Å²) in [4.78, 5) is 25.8. The molecule has 1 aromatic carbocycles. The zero-order chi connectivity index (χ0) is 14.2. The Morgan fingerprint density at radius 2 is 1.90 bits per heavy atom. The molecule has 4 nitrogen and oxygen atoms in total. The van der Waals surface area contributed by atoms with Gasteiger partial charge in [0.1, 0.15) is 0 Å². The van der Waals surface area contributed by atoms with Crippen molar-refractivity contribution in [1.29, 1.82) is 0 Å². The molecular weight excluding hydrogens is 254 g/mol. The summed E-state index contributed by atoms with van der Waals surface area (Å²) in [6.45, 7) is 0.674. The number of carboxylic acids is 1. The van der Waals surface area contributed by atoms with Gasteiger partial charge in [-0.15, -0.1) is 0 Å². The number of carboxylic acid groups (broad SMARTS) is 1. The van der Waals surface area contributed by atoms with Gasteiger partial charge < -0.3 is 10.0 Å². The van der Waals surface area contributed by atoms with Crippen LogP contribution in [-0.4, -0.2) is 23.5 Å². The average Bonchev–Trinajstić information content (AvgIpc) is 3.05. The zero-order valence-corrected chi connectivity index (χ0v) is 11.5. The van der Waals surface area contributed by atoms with E-state index in [9.17, 15) is 14.7 Å². The number of carbonyl (C=O) groups excluding carboxylic acids is 1. The molecule has 1 N–H and O–H groups in total. The van der Waals surface area contributed by atoms with Crippen molar-refractivity contribution in [3.05, 3.63) is 29.8 Å². The van der Waals surface area contributed by atoms with E-state index in [0.29, 0.717) is 19.4 Å². The number of aliphatic carboxylic acids is 1. The minimum Gasteiger partial charge on any atom is -0.481 e. The first-order valence-electron chi connectivity index (χ1n) is 7.24. The van der Waals surface area contributed by atoms with Gasteiger partial charge in [0.2, 0.25) is 5.91 Å². The summed E-state index contributed by atoms with van der Waals surface area (Å²) >= 11 is 0. The van der Waals surface area contributed by atoms with Gasteiger partial charge in [0.05, 0.1) is 5.41 Å².